The number of halogens is 1. The zero-order valence-electron chi connectivity index (χ0n) is 8.45. The van der Waals surface area contributed by atoms with Crippen molar-refractivity contribution >= 4 is 33.6 Å². The molecule has 74 valence electrons. The Morgan fingerprint density at radius 2 is 2.07 bits per heavy atom. The molecule has 2 rings (SSSR count). The first-order valence-corrected chi connectivity index (χ1v) is 5.57. The number of fused-ring (bicyclic) bond motifs is 1. The Balaban J connectivity index is 2.76. The van der Waals surface area contributed by atoms with Crippen molar-refractivity contribution < 1.29 is 0 Å². The summed E-state index contributed by atoms with van der Waals surface area (Å²) >= 11 is 2.31. The Morgan fingerprint density at radius 1 is 1.36 bits per heavy atom. The molecule has 0 atom stereocenters. The van der Waals surface area contributed by atoms with Crippen LogP contribution in [0, 0.1) is 3.57 Å². The monoisotopic (exact) mass is 301 g/mol. The molecule has 0 radical (unpaired) electrons. The molecule has 0 N–H and O–H groups in total. The summed E-state index contributed by atoms with van der Waals surface area (Å²) in [5.41, 5.74) is 0.948. The number of rotatable bonds is 0. The quantitative estimate of drug-likeness (QED) is 0.701. The van der Waals surface area contributed by atoms with Crippen LogP contribution in [0.1, 0.15) is 20.8 Å². The molecule has 0 aliphatic heterocycles. The maximum Gasteiger partial charge on any atom is 0.159 e. The Kier molecular flexibility index (Phi) is 2.25. The summed E-state index contributed by atoms with van der Waals surface area (Å²) in [6.45, 7) is 6.38. The molecule has 0 fully saturated rings. The lowest BCUT2D eigenvalue weighted by molar-refractivity contribution is 0.366. The highest BCUT2D eigenvalue weighted by atomic mass is 127. The van der Waals surface area contributed by atoms with Crippen LogP contribution in [0.2, 0.25) is 0 Å². The average Bonchev–Trinajstić information content (AvgIpc) is 2.47. The minimum Gasteiger partial charge on any atom is -0.242 e. The van der Waals surface area contributed by atoms with Gasteiger partial charge in [-0.25, -0.2) is 9.67 Å². The van der Waals surface area contributed by atoms with Crippen LogP contribution in [-0.4, -0.2) is 14.8 Å². The first kappa shape index (κ1) is 9.89. The predicted molar refractivity (Wildman–Crippen MR) is 65.2 cm³/mol. The molecule has 0 aliphatic carbocycles. The molecule has 0 amide bonds. The third kappa shape index (κ3) is 1.51. The van der Waals surface area contributed by atoms with E-state index in [0.29, 0.717) is 0 Å². The van der Waals surface area contributed by atoms with Crippen molar-refractivity contribution in [3.8, 4) is 0 Å². The summed E-state index contributed by atoms with van der Waals surface area (Å²) < 4.78 is 3.16. The van der Waals surface area contributed by atoms with Gasteiger partial charge in [0.25, 0.3) is 0 Å². The van der Waals surface area contributed by atoms with Crippen LogP contribution >= 0.6 is 22.6 Å². The van der Waals surface area contributed by atoms with Crippen LogP contribution in [-0.2, 0) is 5.54 Å². The van der Waals surface area contributed by atoms with Crippen LogP contribution < -0.4 is 0 Å². The van der Waals surface area contributed by atoms with E-state index in [0.717, 1.165) is 11.0 Å². The number of hydrogen-bond acceptors (Lipinski definition) is 2. The second-order valence-electron chi connectivity index (χ2n) is 4.26. The van der Waals surface area contributed by atoms with Crippen LogP contribution in [0.5, 0.6) is 0 Å². The van der Waals surface area contributed by atoms with E-state index in [4.69, 9.17) is 0 Å². The second-order valence-corrected chi connectivity index (χ2v) is 5.42. The van der Waals surface area contributed by atoms with Crippen molar-refractivity contribution in [3.05, 3.63) is 22.0 Å². The molecule has 3 nitrogen and oxygen atoms in total. The van der Waals surface area contributed by atoms with Gasteiger partial charge in [0.1, 0.15) is 0 Å². The number of nitrogens with zero attached hydrogens (tertiary/aromatic N) is 3. The number of hydrogen-bond donors (Lipinski definition) is 0. The molecular weight excluding hydrogens is 289 g/mol. The van der Waals surface area contributed by atoms with E-state index in [1.807, 2.05) is 23.1 Å². The van der Waals surface area contributed by atoms with Crippen LogP contribution in [0.25, 0.3) is 11.0 Å². The van der Waals surface area contributed by atoms with Crippen molar-refractivity contribution in [2.45, 2.75) is 26.3 Å². The van der Waals surface area contributed by atoms with Gasteiger partial charge in [-0.3, -0.25) is 0 Å². The summed E-state index contributed by atoms with van der Waals surface area (Å²) in [4.78, 5) is 4.36. The van der Waals surface area contributed by atoms with Gasteiger partial charge in [0, 0.05) is 9.77 Å². The summed E-state index contributed by atoms with van der Waals surface area (Å²) in [6.07, 6.45) is 3.71. The molecule has 2 aromatic heterocycles. The smallest absolute Gasteiger partial charge is 0.159 e. The molecule has 0 saturated heterocycles. The molecule has 0 aromatic carbocycles. The van der Waals surface area contributed by atoms with Gasteiger partial charge in [0.05, 0.1) is 17.1 Å². The Hall–Kier alpha value is -0.650. The highest BCUT2D eigenvalue weighted by Gasteiger charge is 2.18. The number of aromatic nitrogens is 3. The lowest BCUT2D eigenvalue weighted by Gasteiger charge is -2.19. The zero-order chi connectivity index (χ0) is 10.3. The SMILES string of the molecule is CC(C)(C)n1ncc2c(I)ccnc21. The van der Waals surface area contributed by atoms with Gasteiger partial charge >= 0.3 is 0 Å². The van der Waals surface area contributed by atoms with Crippen LogP contribution in [0.4, 0.5) is 0 Å². The average molecular weight is 301 g/mol. The van der Waals surface area contributed by atoms with Crippen LogP contribution in [0.3, 0.4) is 0 Å². The van der Waals surface area contributed by atoms with E-state index in [-0.39, 0.29) is 5.54 Å². The minimum atomic E-state index is -0.0147. The predicted octanol–water partition coefficient (Wildman–Crippen LogP) is 2.79. The third-order valence-corrected chi connectivity index (χ3v) is 2.99. The first-order chi connectivity index (χ1) is 6.50. The molecule has 4 heteroatoms. The summed E-state index contributed by atoms with van der Waals surface area (Å²) in [5, 5.41) is 5.50. The molecule has 0 aliphatic rings. The van der Waals surface area contributed by atoms with Gasteiger partial charge in [0.15, 0.2) is 5.65 Å². The fraction of sp³-hybridized carbons (Fsp3) is 0.400. The molecule has 2 heterocycles. The van der Waals surface area contributed by atoms with E-state index in [1.54, 1.807) is 0 Å². The van der Waals surface area contributed by atoms with E-state index in [9.17, 15) is 0 Å². The van der Waals surface area contributed by atoms with Crippen molar-refractivity contribution in [2.75, 3.05) is 0 Å². The van der Waals surface area contributed by atoms with Gasteiger partial charge in [-0.15, -0.1) is 0 Å². The van der Waals surface area contributed by atoms with Gasteiger partial charge in [-0.2, -0.15) is 5.10 Å². The Morgan fingerprint density at radius 3 is 2.71 bits per heavy atom. The van der Waals surface area contributed by atoms with Crippen molar-refractivity contribution in [2.24, 2.45) is 0 Å². The Labute approximate surface area is 96.7 Å². The first-order valence-electron chi connectivity index (χ1n) is 4.49. The molecule has 14 heavy (non-hydrogen) atoms. The summed E-state index contributed by atoms with van der Waals surface area (Å²) in [6, 6.07) is 2.00. The van der Waals surface area contributed by atoms with E-state index < -0.39 is 0 Å². The normalized spacial score (nSPS) is 12.3. The standard InChI is InChI=1S/C10H12IN3/c1-10(2,3)14-9-7(6-13-14)8(11)4-5-12-9/h4-6H,1-3H3. The third-order valence-electron chi connectivity index (χ3n) is 2.05. The molecule has 0 saturated carbocycles. The van der Waals surface area contributed by atoms with Crippen molar-refractivity contribution in [1.82, 2.24) is 14.8 Å². The molecule has 0 bridgehead atoms. The molecule has 0 unspecified atom stereocenters. The molecular formula is C10H12IN3. The van der Waals surface area contributed by atoms with Crippen molar-refractivity contribution in [1.29, 1.82) is 0 Å². The van der Waals surface area contributed by atoms with Crippen molar-refractivity contribution in [3.63, 3.8) is 0 Å². The Bertz CT molecular complexity index is 468. The fourth-order valence-corrected chi connectivity index (χ4v) is 1.93. The van der Waals surface area contributed by atoms with Gasteiger partial charge in [-0.05, 0) is 49.4 Å². The largest absolute Gasteiger partial charge is 0.242 e. The zero-order valence-corrected chi connectivity index (χ0v) is 10.6. The van der Waals surface area contributed by atoms with Crippen LogP contribution in [0.15, 0.2) is 18.5 Å². The maximum atomic E-state index is 4.38. The fourth-order valence-electron chi connectivity index (χ4n) is 1.39. The molecule has 2 aromatic rings. The molecule has 0 spiro atoms. The number of pyridine rings is 1. The lowest BCUT2D eigenvalue weighted by Crippen LogP contribution is -2.23. The summed E-state index contributed by atoms with van der Waals surface area (Å²) in [5.74, 6) is 0. The second kappa shape index (κ2) is 3.18. The van der Waals surface area contributed by atoms with E-state index in [2.05, 4.69) is 53.4 Å². The van der Waals surface area contributed by atoms with E-state index >= 15 is 0 Å². The topological polar surface area (TPSA) is 30.7 Å². The maximum absolute atomic E-state index is 4.38. The highest BCUT2D eigenvalue weighted by molar-refractivity contribution is 14.1. The summed E-state index contributed by atoms with van der Waals surface area (Å²) in [7, 11) is 0. The van der Waals surface area contributed by atoms with Gasteiger partial charge in [0.2, 0.25) is 0 Å². The van der Waals surface area contributed by atoms with Gasteiger partial charge < -0.3 is 0 Å². The highest BCUT2D eigenvalue weighted by Crippen LogP contribution is 2.22. The van der Waals surface area contributed by atoms with E-state index in [1.165, 1.54) is 3.57 Å². The minimum absolute atomic E-state index is 0.0147. The lowest BCUT2D eigenvalue weighted by atomic mass is 10.1. The van der Waals surface area contributed by atoms with Gasteiger partial charge in [-0.1, -0.05) is 0 Å².